The monoisotopic (exact) mass is 522 g/mol. The molecule has 0 amide bonds. The lowest BCUT2D eigenvalue weighted by molar-refractivity contribution is -0.145. The SMILES string of the molecule is Cc1c(C2=C(OC(=O)C(C)(C)C)c3ncccc3C(C)(C)S2=S=O)cccc1N(C)S(C)(=O)=O. The molecular formula is C24H30N2O5S3. The van der Waals surface area contributed by atoms with Gasteiger partial charge in [0, 0.05) is 18.0 Å². The van der Waals surface area contributed by atoms with Gasteiger partial charge in [0.2, 0.25) is 10.0 Å². The first-order valence-electron chi connectivity index (χ1n) is 10.6. The molecule has 0 N–H and O–H groups in total. The zero-order valence-electron chi connectivity index (χ0n) is 20.6. The smallest absolute Gasteiger partial charge is 0.316 e. The number of ether oxygens (including phenoxy) is 1. The highest BCUT2D eigenvalue weighted by Crippen LogP contribution is 2.48. The summed E-state index contributed by atoms with van der Waals surface area (Å²) < 4.78 is 43.8. The number of anilines is 1. The van der Waals surface area contributed by atoms with E-state index in [1.54, 1.807) is 52.1 Å². The molecule has 2 aromatic rings. The third-order valence-corrected chi connectivity index (χ3v) is 11.2. The number of nitrogens with zero attached hydrogens (tertiary/aromatic N) is 2. The molecular weight excluding hydrogens is 492 g/mol. The fourth-order valence-electron chi connectivity index (χ4n) is 3.69. The molecule has 0 radical (unpaired) electrons. The van der Waals surface area contributed by atoms with E-state index in [2.05, 4.69) is 4.98 Å². The summed E-state index contributed by atoms with van der Waals surface area (Å²) in [7, 11) is -2.55. The van der Waals surface area contributed by atoms with E-state index in [1.807, 2.05) is 26.0 Å². The zero-order valence-corrected chi connectivity index (χ0v) is 23.1. The van der Waals surface area contributed by atoms with Crippen molar-refractivity contribution in [3.05, 3.63) is 58.9 Å². The molecule has 0 spiro atoms. The Bertz CT molecular complexity index is 1370. The lowest BCUT2D eigenvalue weighted by atomic mass is 9.95. The Morgan fingerprint density at radius 2 is 1.82 bits per heavy atom. The van der Waals surface area contributed by atoms with Gasteiger partial charge in [-0.2, -0.15) is 0 Å². The van der Waals surface area contributed by atoms with Crippen molar-refractivity contribution >= 4 is 52.0 Å². The van der Waals surface area contributed by atoms with Gasteiger partial charge in [0.15, 0.2) is 5.76 Å². The second kappa shape index (κ2) is 9.05. The Morgan fingerprint density at radius 1 is 1.18 bits per heavy atom. The second-order valence-corrected chi connectivity index (χ2v) is 15.2. The van der Waals surface area contributed by atoms with Crippen molar-refractivity contribution in [2.24, 2.45) is 5.41 Å². The third-order valence-electron chi connectivity index (χ3n) is 5.79. The molecule has 34 heavy (non-hydrogen) atoms. The molecule has 10 heteroatoms. The maximum Gasteiger partial charge on any atom is 0.316 e. The number of aromatic nitrogens is 1. The molecule has 2 heterocycles. The van der Waals surface area contributed by atoms with Crippen LogP contribution < -0.4 is 4.31 Å². The topological polar surface area (TPSA) is 93.6 Å². The van der Waals surface area contributed by atoms with Crippen molar-refractivity contribution < 1.29 is 22.2 Å². The Balaban J connectivity index is 2.45. The molecule has 0 saturated carbocycles. The van der Waals surface area contributed by atoms with Gasteiger partial charge in [-0.05, 0) is 79.8 Å². The quantitative estimate of drug-likeness (QED) is 0.559. The predicted molar refractivity (Wildman–Crippen MR) is 140 cm³/mol. The van der Waals surface area contributed by atoms with E-state index in [-0.39, 0.29) is 5.76 Å². The number of pyridine rings is 1. The van der Waals surface area contributed by atoms with Crippen LogP contribution in [-0.2, 0) is 44.0 Å². The fraction of sp³-hybridized carbons (Fsp3) is 0.417. The van der Waals surface area contributed by atoms with Crippen LogP contribution in [0.3, 0.4) is 0 Å². The maximum absolute atomic E-state index is 13.0. The van der Waals surface area contributed by atoms with Gasteiger partial charge in [0.1, 0.15) is 15.9 Å². The van der Waals surface area contributed by atoms with Crippen LogP contribution in [0.25, 0.3) is 10.7 Å². The number of benzene rings is 1. The molecule has 1 unspecified atom stereocenters. The molecule has 1 aliphatic heterocycles. The lowest BCUT2D eigenvalue weighted by Crippen LogP contribution is -2.33. The van der Waals surface area contributed by atoms with Crippen LogP contribution >= 0.6 is 0 Å². The Hall–Kier alpha value is -2.30. The molecule has 0 saturated heterocycles. The van der Waals surface area contributed by atoms with Crippen molar-refractivity contribution in [1.82, 2.24) is 4.98 Å². The van der Waals surface area contributed by atoms with E-state index < -0.39 is 35.6 Å². The normalized spacial score (nSPS) is 17.7. The summed E-state index contributed by atoms with van der Waals surface area (Å²) in [6.45, 7) is 11.0. The third kappa shape index (κ3) is 4.63. The summed E-state index contributed by atoms with van der Waals surface area (Å²) in [5.41, 5.74) is 2.36. The van der Waals surface area contributed by atoms with Gasteiger partial charge in [-0.3, -0.25) is 14.1 Å². The summed E-state index contributed by atoms with van der Waals surface area (Å²) in [6.07, 6.45) is 2.77. The van der Waals surface area contributed by atoms with Crippen LogP contribution in [0, 0.1) is 12.3 Å². The van der Waals surface area contributed by atoms with Crippen LogP contribution in [0.1, 0.15) is 57.0 Å². The van der Waals surface area contributed by atoms with Gasteiger partial charge < -0.3 is 4.74 Å². The maximum atomic E-state index is 13.0. The number of carbonyl (C=O) groups is 1. The van der Waals surface area contributed by atoms with Crippen LogP contribution in [0.5, 0.6) is 0 Å². The van der Waals surface area contributed by atoms with E-state index in [4.69, 9.17) is 4.74 Å². The van der Waals surface area contributed by atoms with Crippen molar-refractivity contribution in [3.8, 4) is 0 Å². The molecule has 1 aromatic heterocycles. The predicted octanol–water partition coefficient (Wildman–Crippen LogP) is 4.20. The highest BCUT2D eigenvalue weighted by Gasteiger charge is 2.42. The molecule has 1 atom stereocenters. The van der Waals surface area contributed by atoms with E-state index in [9.17, 15) is 17.4 Å². The first kappa shape index (κ1) is 26.3. The Labute approximate surface area is 207 Å². The lowest BCUT2D eigenvalue weighted by Gasteiger charge is -2.36. The standard InChI is InChI=1S/C24H30N2O5S3/c1-15-16(11-9-13-18(15)26(7)34(8,29)30)21-20(31-22(27)23(2,3)4)19-17(12-10-14-25-19)24(5,6)33(21)32-28/h9-14H,1-8H3. The molecule has 1 aliphatic rings. The minimum Gasteiger partial charge on any atom is -0.423 e. The van der Waals surface area contributed by atoms with Gasteiger partial charge >= 0.3 is 5.97 Å². The number of hydrogen-bond acceptors (Lipinski definition) is 6. The van der Waals surface area contributed by atoms with E-state index >= 15 is 0 Å². The molecule has 0 fully saturated rings. The van der Waals surface area contributed by atoms with Gasteiger partial charge in [-0.1, -0.05) is 18.2 Å². The number of carbonyl (C=O) groups excluding carboxylic acids is 1. The number of esters is 1. The molecule has 0 bridgehead atoms. The van der Waals surface area contributed by atoms with Crippen molar-refractivity contribution in [3.63, 3.8) is 0 Å². The Kier molecular flexibility index (Phi) is 7.00. The van der Waals surface area contributed by atoms with Gasteiger partial charge in [0.25, 0.3) is 0 Å². The van der Waals surface area contributed by atoms with E-state index in [0.717, 1.165) is 11.8 Å². The molecule has 3 rings (SSSR count). The second-order valence-electron chi connectivity index (χ2n) is 9.72. The summed E-state index contributed by atoms with van der Waals surface area (Å²) in [6, 6.07) is 8.99. The van der Waals surface area contributed by atoms with Gasteiger partial charge in [0.05, 0.1) is 22.3 Å². The van der Waals surface area contributed by atoms with E-state index in [1.165, 1.54) is 11.4 Å². The van der Waals surface area contributed by atoms with Crippen LogP contribution in [0.4, 0.5) is 5.69 Å². The van der Waals surface area contributed by atoms with Crippen LogP contribution in [0.15, 0.2) is 36.5 Å². The van der Waals surface area contributed by atoms with Crippen molar-refractivity contribution in [1.29, 1.82) is 0 Å². The minimum absolute atomic E-state index is 0.254. The van der Waals surface area contributed by atoms with Crippen LogP contribution in [0.2, 0.25) is 0 Å². The van der Waals surface area contributed by atoms with Gasteiger partial charge in [-0.25, -0.2) is 12.6 Å². The highest BCUT2D eigenvalue weighted by molar-refractivity contribution is 8.36. The van der Waals surface area contributed by atoms with Gasteiger partial charge in [-0.15, -0.1) is 0 Å². The summed E-state index contributed by atoms with van der Waals surface area (Å²) in [5, 5.41) is 0. The number of rotatable bonds is 4. The first-order chi connectivity index (χ1) is 15.6. The highest BCUT2D eigenvalue weighted by atomic mass is 32.8. The zero-order chi connectivity index (χ0) is 25.6. The largest absolute Gasteiger partial charge is 0.423 e. The minimum atomic E-state index is -3.51. The molecule has 0 aliphatic carbocycles. The first-order valence-corrected chi connectivity index (χ1v) is 15.0. The summed E-state index contributed by atoms with van der Waals surface area (Å²) >= 11 is 0. The summed E-state index contributed by atoms with van der Waals surface area (Å²) in [5.74, 6) is -0.193. The molecule has 7 nitrogen and oxygen atoms in total. The number of fused-ring (bicyclic) bond motifs is 1. The average Bonchev–Trinajstić information content (AvgIpc) is 2.74. The van der Waals surface area contributed by atoms with Crippen LogP contribution in [-0.4, -0.2) is 36.9 Å². The Morgan fingerprint density at radius 3 is 2.38 bits per heavy atom. The molecule has 1 aromatic carbocycles. The summed E-state index contributed by atoms with van der Waals surface area (Å²) in [4.78, 5) is 18.1. The average molecular weight is 523 g/mol. The van der Waals surface area contributed by atoms with Crippen molar-refractivity contribution in [2.45, 2.75) is 46.3 Å². The molecule has 184 valence electrons. The fourth-order valence-corrected chi connectivity index (χ4v) is 7.57. The number of sulfonamides is 1. The van der Waals surface area contributed by atoms with E-state index in [0.29, 0.717) is 37.6 Å². The van der Waals surface area contributed by atoms with Crippen molar-refractivity contribution in [2.75, 3.05) is 17.6 Å². The number of hydrogen-bond donors (Lipinski definition) is 0.